The van der Waals surface area contributed by atoms with E-state index in [9.17, 15) is 0 Å². The van der Waals surface area contributed by atoms with Gasteiger partial charge in [0.2, 0.25) is 0 Å². The largest absolute Gasteiger partial charge is 0.498 e. The van der Waals surface area contributed by atoms with Gasteiger partial charge in [-0.05, 0) is 41.5 Å². The van der Waals surface area contributed by atoms with Crippen LogP contribution in [0.2, 0.25) is 0 Å². The second-order valence-corrected chi connectivity index (χ2v) is 7.02. The van der Waals surface area contributed by atoms with Crippen LogP contribution in [0.4, 0.5) is 0 Å². The van der Waals surface area contributed by atoms with E-state index in [1.165, 1.54) is 0 Å². The molecule has 2 rings (SSSR count). The first-order valence-corrected chi connectivity index (χ1v) is 6.99. The Balaban J connectivity index is 2.11. The van der Waals surface area contributed by atoms with E-state index in [4.69, 9.17) is 14.0 Å². The first-order valence-electron chi connectivity index (χ1n) is 6.99. The average Bonchev–Trinajstić information content (AvgIpc) is 2.82. The fourth-order valence-corrected chi connectivity index (χ4v) is 2.02. The van der Waals surface area contributed by atoms with E-state index in [-0.39, 0.29) is 23.9 Å². The average molecular weight is 280 g/mol. The van der Waals surface area contributed by atoms with Gasteiger partial charge in [0, 0.05) is 25.0 Å². The van der Waals surface area contributed by atoms with Gasteiger partial charge in [-0.2, -0.15) is 5.10 Å². The lowest BCUT2D eigenvalue weighted by Crippen LogP contribution is -2.41. The van der Waals surface area contributed by atoms with E-state index in [0.29, 0.717) is 6.54 Å². The number of hydrogen-bond acceptors (Lipinski definition) is 4. The molecule has 112 valence electrons. The SMILES string of the molecule is COC(C)(C)Cn1cc(B2OC(C)(C)C(C)(C)O2)cn1. The third-order valence-corrected chi connectivity index (χ3v) is 4.27. The Morgan fingerprint density at radius 2 is 1.80 bits per heavy atom. The summed E-state index contributed by atoms with van der Waals surface area (Å²) in [5, 5.41) is 4.37. The fourth-order valence-electron chi connectivity index (χ4n) is 2.02. The minimum Gasteiger partial charge on any atom is -0.399 e. The van der Waals surface area contributed by atoms with Gasteiger partial charge in [0.15, 0.2) is 0 Å². The van der Waals surface area contributed by atoms with Crippen LogP contribution in [0.3, 0.4) is 0 Å². The van der Waals surface area contributed by atoms with Gasteiger partial charge in [0.1, 0.15) is 0 Å². The molecule has 1 fully saturated rings. The fraction of sp³-hybridized carbons (Fsp3) is 0.786. The maximum Gasteiger partial charge on any atom is 0.498 e. The lowest BCUT2D eigenvalue weighted by atomic mass is 9.82. The Kier molecular flexibility index (Phi) is 3.78. The van der Waals surface area contributed by atoms with Crippen molar-refractivity contribution < 1.29 is 14.0 Å². The minimum absolute atomic E-state index is 0.251. The number of aromatic nitrogens is 2. The summed E-state index contributed by atoms with van der Waals surface area (Å²) in [5.74, 6) is 0. The first-order chi connectivity index (χ1) is 9.06. The highest BCUT2D eigenvalue weighted by atomic mass is 16.7. The Bertz CT molecular complexity index is 467. The molecule has 1 saturated heterocycles. The van der Waals surface area contributed by atoms with Crippen molar-refractivity contribution in [2.24, 2.45) is 0 Å². The minimum atomic E-state index is -0.362. The summed E-state index contributed by atoms with van der Waals surface area (Å²) < 4.78 is 19.3. The van der Waals surface area contributed by atoms with Crippen molar-refractivity contribution >= 4 is 12.6 Å². The molecule has 1 aromatic heterocycles. The van der Waals surface area contributed by atoms with Crippen LogP contribution in [0.25, 0.3) is 0 Å². The highest BCUT2D eigenvalue weighted by Gasteiger charge is 2.52. The Morgan fingerprint density at radius 3 is 2.30 bits per heavy atom. The van der Waals surface area contributed by atoms with Crippen molar-refractivity contribution in [2.75, 3.05) is 7.11 Å². The molecule has 0 amide bonds. The van der Waals surface area contributed by atoms with Crippen LogP contribution in [0, 0.1) is 0 Å². The van der Waals surface area contributed by atoms with Crippen LogP contribution < -0.4 is 5.46 Å². The molecule has 0 aliphatic carbocycles. The molecule has 0 saturated carbocycles. The van der Waals surface area contributed by atoms with Crippen LogP contribution >= 0.6 is 0 Å². The zero-order chi connectivity index (χ0) is 15.2. The zero-order valence-electron chi connectivity index (χ0n) is 13.6. The van der Waals surface area contributed by atoms with Gasteiger partial charge in [0.05, 0.1) is 23.3 Å². The van der Waals surface area contributed by atoms with Crippen molar-refractivity contribution in [1.82, 2.24) is 9.78 Å². The summed E-state index contributed by atoms with van der Waals surface area (Å²) in [6, 6.07) is 0. The van der Waals surface area contributed by atoms with Gasteiger partial charge in [-0.1, -0.05) is 0 Å². The number of hydrogen-bond donors (Lipinski definition) is 0. The van der Waals surface area contributed by atoms with E-state index in [1.807, 2.05) is 52.4 Å². The number of rotatable bonds is 4. The Labute approximate surface area is 121 Å². The monoisotopic (exact) mass is 280 g/mol. The number of nitrogens with zero attached hydrogens (tertiary/aromatic N) is 2. The lowest BCUT2D eigenvalue weighted by molar-refractivity contribution is 0.00543. The molecule has 0 unspecified atom stereocenters. The van der Waals surface area contributed by atoms with E-state index in [0.717, 1.165) is 5.46 Å². The molecule has 0 atom stereocenters. The molecule has 1 aliphatic rings. The molecule has 20 heavy (non-hydrogen) atoms. The summed E-state index contributed by atoms with van der Waals surface area (Å²) in [7, 11) is 1.35. The molecule has 2 heterocycles. The Hall–Kier alpha value is -0.845. The van der Waals surface area contributed by atoms with Crippen molar-refractivity contribution in [3.8, 4) is 0 Å². The molecule has 0 spiro atoms. The first kappa shape index (κ1) is 15.5. The van der Waals surface area contributed by atoms with Gasteiger partial charge >= 0.3 is 7.12 Å². The second-order valence-electron chi connectivity index (χ2n) is 7.02. The standard InChI is InChI=1S/C14H25BN2O3/c1-12(2,18-7)10-17-9-11(8-16-17)15-19-13(3,4)14(5,6)20-15/h8-9H,10H2,1-7H3. The van der Waals surface area contributed by atoms with Crippen molar-refractivity contribution in [3.63, 3.8) is 0 Å². The predicted molar refractivity (Wildman–Crippen MR) is 79.0 cm³/mol. The second kappa shape index (κ2) is 4.86. The topological polar surface area (TPSA) is 45.5 Å². The van der Waals surface area contributed by atoms with E-state index in [1.54, 1.807) is 13.3 Å². The smallest absolute Gasteiger partial charge is 0.399 e. The van der Waals surface area contributed by atoms with Crippen LogP contribution in [0.1, 0.15) is 41.5 Å². The molecular formula is C14H25BN2O3. The van der Waals surface area contributed by atoms with Crippen molar-refractivity contribution in [1.29, 1.82) is 0 Å². The van der Waals surface area contributed by atoms with Crippen LogP contribution in [-0.2, 0) is 20.6 Å². The maximum absolute atomic E-state index is 6.01. The summed E-state index contributed by atoms with van der Waals surface area (Å²) in [6.45, 7) is 12.9. The quantitative estimate of drug-likeness (QED) is 0.786. The van der Waals surface area contributed by atoms with Gasteiger partial charge in [-0.15, -0.1) is 0 Å². The summed E-state index contributed by atoms with van der Waals surface area (Å²) in [5.41, 5.74) is 0.0339. The predicted octanol–water partition coefficient (Wildman–Crippen LogP) is 1.61. The third kappa shape index (κ3) is 2.92. The molecule has 0 radical (unpaired) electrons. The molecule has 1 aromatic rings. The maximum atomic E-state index is 6.01. The van der Waals surface area contributed by atoms with E-state index >= 15 is 0 Å². The van der Waals surface area contributed by atoms with Crippen LogP contribution in [0.5, 0.6) is 0 Å². The molecule has 0 bridgehead atoms. The van der Waals surface area contributed by atoms with Crippen LogP contribution in [-0.4, -0.2) is 40.8 Å². The summed E-state index contributed by atoms with van der Waals surface area (Å²) in [6.07, 6.45) is 3.76. The summed E-state index contributed by atoms with van der Waals surface area (Å²) in [4.78, 5) is 0. The van der Waals surface area contributed by atoms with Crippen LogP contribution in [0.15, 0.2) is 12.4 Å². The van der Waals surface area contributed by atoms with Gasteiger partial charge < -0.3 is 14.0 Å². The lowest BCUT2D eigenvalue weighted by Gasteiger charge is -2.32. The van der Waals surface area contributed by atoms with Gasteiger partial charge in [-0.25, -0.2) is 0 Å². The molecule has 0 N–H and O–H groups in total. The molecular weight excluding hydrogens is 255 g/mol. The highest BCUT2D eigenvalue weighted by molar-refractivity contribution is 6.61. The normalized spacial score (nSPS) is 21.4. The van der Waals surface area contributed by atoms with Crippen molar-refractivity contribution in [2.45, 2.75) is 64.9 Å². The van der Waals surface area contributed by atoms with Crippen molar-refractivity contribution in [3.05, 3.63) is 12.4 Å². The third-order valence-electron chi connectivity index (χ3n) is 4.27. The van der Waals surface area contributed by atoms with E-state index in [2.05, 4.69) is 5.10 Å². The molecule has 0 aromatic carbocycles. The number of ether oxygens (including phenoxy) is 1. The zero-order valence-corrected chi connectivity index (χ0v) is 13.6. The number of methoxy groups -OCH3 is 1. The molecule has 1 aliphatic heterocycles. The molecule has 5 nitrogen and oxygen atoms in total. The highest BCUT2D eigenvalue weighted by Crippen LogP contribution is 2.36. The Morgan fingerprint density at radius 1 is 1.25 bits per heavy atom. The van der Waals surface area contributed by atoms with Gasteiger partial charge in [0.25, 0.3) is 0 Å². The molecule has 6 heteroatoms. The van der Waals surface area contributed by atoms with E-state index < -0.39 is 0 Å². The summed E-state index contributed by atoms with van der Waals surface area (Å²) >= 11 is 0. The van der Waals surface area contributed by atoms with Gasteiger partial charge in [-0.3, -0.25) is 4.68 Å².